The van der Waals surface area contributed by atoms with Gasteiger partial charge in [-0.3, -0.25) is 9.69 Å². The quantitative estimate of drug-likeness (QED) is 0.887. The van der Waals surface area contributed by atoms with Gasteiger partial charge in [0.05, 0.1) is 11.7 Å². The molecule has 2 fully saturated rings. The second-order valence-corrected chi connectivity index (χ2v) is 6.25. The second kappa shape index (κ2) is 6.71. The number of nitrogens with one attached hydrogen (secondary N) is 2. The van der Waals surface area contributed by atoms with E-state index in [0.29, 0.717) is 5.92 Å². The van der Waals surface area contributed by atoms with Gasteiger partial charge in [0.25, 0.3) is 5.56 Å². The molecule has 0 amide bonds. The van der Waals surface area contributed by atoms with Gasteiger partial charge >= 0.3 is 0 Å². The highest BCUT2D eigenvalue weighted by molar-refractivity contribution is 5.12. The van der Waals surface area contributed by atoms with Crippen molar-refractivity contribution in [1.29, 1.82) is 0 Å². The second-order valence-electron chi connectivity index (χ2n) is 6.25. The van der Waals surface area contributed by atoms with Gasteiger partial charge in [-0.05, 0) is 19.3 Å². The van der Waals surface area contributed by atoms with E-state index in [1.54, 1.807) is 6.07 Å². The number of aromatic nitrogens is 2. The van der Waals surface area contributed by atoms with Crippen LogP contribution < -0.4 is 10.9 Å². The van der Waals surface area contributed by atoms with Crippen LogP contribution in [0.4, 0.5) is 0 Å². The van der Waals surface area contributed by atoms with Crippen molar-refractivity contribution in [2.24, 2.45) is 0 Å². The Hall–Kier alpha value is -1.20. The zero-order valence-corrected chi connectivity index (χ0v) is 12.9. The van der Waals surface area contributed by atoms with Crippen molar-refractivity contribution in [1.82, 2.24) is 20.2 Å². The van der Waals surface area contributed by atoms with Gasteiger partial charge in [-0.25, -0.2) is 4.98 Å². The summed E-state index contributed by atoms with van der Waals surface area (Å²) < 4.78 is 0. The molecule has 3 rings (SSSR count). The molecule has 1 saturated heterocycles. The molecule has 0 radical (unpaired) electrons. The lowest BCUT2D eigenvalue weighted by Crippen LogP contribution is -2.45. The lowest BCUT2D eigenvalue weighted by molar-refractivity contribution is 0.162. The van der Waals surface area contributed by atoms with Crippen LogP contribution >= 0.6 is 0 Å². The molecule has 116 valence electrons. The molecule has 2 N–H and O–H groups in total. The van der Waals surface area contributed by atoms with Gasteiger partial charge in [0.1, 0.15) is 5.82 Å². The summed E-state index contributed by atoms with van der Waals surface area (Å²) in [6, 6.07) is 1.95. The topological polar surface area (TPSA) is 61.0 Å². The summed E-state index contributed by atoms with van der Waals surface area (Å²) in [5.41, 5.74) is 1.02. The van der Waals surface area contributed by atoms with E-state index >= 15 is 0 Å². The average Bonchev–Trinajstić information content (AvgIpc) is 3.03. The largest absolute Gasteiger partial charge is 0.314 e. The maximum Gasteiger partial charge on any atom is 0.251 e. The molecular weight excluding hydrogens is 264 g/mol. The van der Waals surface area contributed by atoms with Crippen molar-refractivity contribution in [3.63, 3.8) is 0 Å². The van der Waals surface area contributed by atoms with E-state index < -0.39 is 0 Å². The van der Waals surface area contributed by atoms with Crippen molar-refractivity contribution in [3.05, 3.63) is 27.9 Å². The fraction of sp³-hybridized carbons (Fsp3) is 0.750. The maximum absolute atomic E-state index is 12.0. The summed E-state index contributed by atoms with van der Waals surface area (Å²) >= 11 is 0. The molecule has 0 bridgehead atoms. The highest BCUT2D eigenvalue weighted by atomic mass is 16.1. The maximum atomic E-state index is 12.0. The Bertz CT molecular complexity index is 515. The van der Waals surface area contributed by atoms with E-state index in [0.717, 1.165) is 44.1 Å². The minimum atomic E-state index is 0.00971. The molecule has 1 atom stereocenters. The number of H-pyrrole nitrogens is 1. The summed E-state index contributed by atoms with van der Waals surface area (Å²) in [6.45, 7) is 6.26. The Morgan fingerprint density at radius 1 is 1.33 bits per heavy atom. The van der Waals surface area contributed by atoms with E-state index in [9.17, 15) is 4.79 Å². The summed E-state index contributed by atoms with van der Waals surface area (Å²) in [5.74, 6) is 1.36. The van der Waals surface area contributed by atoms with Crippen LogP contribution in [0.3, 0.4) is 0 Å². The van der Waals surface area contributed by atoms with Crippen LogP contribution in [0, 0.1) is 0 Å². The van der Waals surface area contributed by atoms with E-state index in [2.05, 4.69) is 22.1 Å². The third-order valence-electron chi connectivity index (χ3n) is 4.85. The van der Waals surface area contributed by atoms with Gasteiger partial charge in [-0.15, -0.1) is 0 Å². The molecule has 5 heteroatoms. The standard InChI is InChI=1S/C16H26N4O/c1-2-14(20-9-7-17-8-10-20)16-18-13(11-15(21)19-16)12-5-3-4-6-12/h11-12,14,17H,2-10H2,1H3,(H,18,19,21). The van der Waals surface area contributed by atoms with E-state index in [-0.39, 0.29) is 11.6 Å². The van der Waals surface area contributed by atoms with Gasteiger partial charge in [-0.2, -0.15) is 0 Å². The van der Waals surface area contributed by atoms with Crippen molar-refractivity contribution in [2.45, 2.75) is 51.0 Å². The number of hydrogen-bond acceptors (Lipinski definition) is 4. The SMILES string of the molecule is CCC(c1nc(C2CCCC2)cc(=O)[nH]1)N1CCNCC1. The molecule has 0 aromatic carbocycles. The van der Waals surface area contributed by atoms with Crippen LogP contribution in [-0.4, -0.2) is 41.0 Å². The smallest absolute Gasteiger partial charge is 0.251 e. The molecule has 1 aliphatic carbocycles. The van der Waals surface area contributed by atoms with Crippen molar-refractivity contribution < 1.29 is 0 Å². The predicted octanol–water partition coefficient (Wildman–Crippen LogP) is 1.78. The first-order valence-corrected chi connectivity index (χ1v) is 8.34. The molecule has 1 unspecified atom stereocenters. The fourth-order valence-corrected chi connectivity index (χ4v) is 3.70. The summed E-state index contributed by atoms with van der Waals surface area (Å²) in [6.07, 6.45) is 5.88. The third-order valence-corrected chi connectivity index (χ3v) is 4.85. The average molecular weight is 290 g/mol. The summed E-state index contributed by atoms with van der Waals surface area (Å²) in [7, 11) is 0. The predicted molar refractivity (Wildman–Crippen MR) is 83.5 cm³/mol. The van der Waals surface area contributed by atoms with Crippen LogP contribution in [0.25, 0.3) is 0 Å². The van der Waals surface area contributed by atoms with Crippen molar-refractivity contribution in [2.75, 3.05) is 26.2 Å². The van der Waals surface area contributed by atoms with Crippen LogP contribution in [0.1, 0.15) is 62.5 Å². The van der Waals surface area contributed by atoms with E-state index in [1.807, 2.05) is 0 Å². The molecule has 0 spiro atoms. The summed E-state index contributed by atoms with van der Waals surface area (Å²) in [4.78, 5) is 22.3. The van der Waals surface area contributed by atoms with Gasteiger partial charge < -0.3 is 10.3 Å². The van der Waals surface area contributed by atoms with Gasteiger partial charge in [-0.1, -0.05) is 19.8 Å². The van der Waals surface area contributed by atoms with Gasteiger partial charge in [0.15, 0.2) is 0 Å². The van der Waals surface area contributed by atoms with Crippen molar-refractivity contribution in [3.8, 4) is 0 Å². The fourth-order valence-electron chi connectivity index (χ4n) is 3.70. The molecule has 1 aliphatic heterocycles. The Balaban J connectivity index is 1.86. The van der Waals surface area contributed by atoms with Crippen LogP contribution in [0.5, 0.6) is 0 Å². The first-order chi connectivity index (χ1) is 10.3. The number of rotatable bonds is 4. The Labute approximate surface area is 126 Å². The Morgan fingerprint density at radius 3 is 2.71 bits per heavy atom. The molecular formula is C16H26N4O. The molecule has 1 aromatic heterocycles. The Morgan fingerprint density at radius 2 is 2.05 bits per heavy atom. The normalized spacial score (nSPS) is 22.5. The summed E-state index contributed by atoms with van der Waals surface area (Å²) in [5, 5.41) is 3.38. The van der Waals surface area contributed by atoms with Crippen LogP contribution in [0.2, 0.25) is 0 Å². The van der Waals surface area contributed by atoms with Crippen LogP contribution in [0.15, 0.2) is 10.9 Å². The number of hydrogen-bond donors (Lipinski definition) is 2. The molecule has 21 heavy (non-hydrogen) atoms. The van der Waals surface area contributed by atoms with E-state index in [4.69, 9.17) is 4.98 Å². The van der Waals surface area contributed by atoms with Gasteiger partial charge in [0, 0.05) is 38.2 Å². The minimum absolute atomic E-state index is 0.00971. The van der Waals surface area contributed by atoms with Crippen LogP contribution in [-0.2, 0) is 0 Å². The highest BCUT2D eigenvalue weighted by Crippen LogP contribution is 2.33. The van der Waals surface area contributed by atoms with Crippen molar-refractivity contribution >= 4 is 0 Å². The molecule has 2 heterocycles. The molecule has 1 saturated carbocycles. The lowest BCUT2D eigenvalue weighted by Gasteiger charge is -2.33. The zero-order valence-electron chi connectivity index (χ0n) is 12.9. The number of aromatic amines is 1. The zero-order chi connectivity index (χ0) is 14.7. The van der Waals surface area contributed by atoms with E-state index in [1.165, 1.54) is 25.7 Å². The first-order valence-electron chi connectivity index (χ1n) is 8.34. The minimum Gasteiger partial charge on any atom is -0.314 e. The molecule has 1 aromatic rings. The highest BCUT2D eigenvalue weighted by Gasteiger charge is 2.25. The third kappa shape index (κ3) is 3.35. The first kappa shape index (κ1) is 14.7. The molecule has 2 aliphatic rings. The lowest BCUT2D eigenvalue weighted by atomic mass is 10.0. The van der Waals surface area contributed by atoms with Gasteiger partial charge in [0.2, 0.25) is 0 Å². The monoisotopic (exact) mass is 290 g/mol. The number of nitrogens with zero attached hydrogens (tertiary/aromatic N) is 2. The Kier molecular flexibility index (Phi) is 4.70. The molecule has 5 nitrogen and oxygen atoms in total. The number of piperazine rings is 1.